The Morgan fingerprint density at radius 3 is 2.77 bits per heavy atom. The van der Waals surface area contributed by atoms with Crippen LogP contribution in [0.4, 0.5) is 5.69 Å². The van der Waals surface area contributed by atoms with E-state index in [1.807, 2.05) is 6.92 Å². The third-order valence-corrected chi connectivity index (χ3v) is 1.48. The van der Waals surface area contributed by atoms with Gasteiger partial charge in [0.15, 0.2) is 11.5 Å². The number of rotatable bonds is 4. The summed E-state index contributed by atoms with van der Waals surface area (Å²) in [5, 5.41) is 9.43. The molecule has 1 aromatic rings. The van der Waals surface area contributed by atoms with E-state index in [-0.39, 0.29) is 5.75 Å². The highest BCUT2D eigenvalue weighted by Gasteiger charge is 2.01. The summed E-state index contributed by atoms with van der Waals surface area (Å²) in [5.41, 5.74) is 3.29. The molecule has 0 bridgehead atoms. The SMILES string of the molecule is CCOc1ccc(NOC)cc1O. The maximum Gasteiger partial charge on any atom is 0.161 e. The van der Waals surface area contributed by atoms with E-state index in [1.54, 1.807) is 12.1 Å². The van der Waals surface area contributed by atoms with Gasteiger partial charge in [-0.1, -0.05) is 0 Å². The minimum absolute atomic E-state index is 0.101. The van der Waals surface area contributed by atoms with Gasteiger partial charge in [-0.3, -0.25) is 10.3 Å². The molecule has 0 aliphatic heterocycles. The smallest absolute Gasteiger partial charge is 0.161 e. The monoisotopic (exact) mass is 183 g/mol. The van der Waals surface area contributed by atoms with Crippen molar-refractivity contribution in [3.05, 3.63) is 18.2 Å². The van der Waals surface area contributed by atoms with Crippen molar-refractivity contribution < 1.29 is 14.7 Å². The normalized spacial score (nSPS) is 9.69. The Hall–Kier alpha value is -1.42. The first-order valence-electron chi connectivity index (χ1n) is 4.02. The van der Waals surface area contributed by atoms with Gasteiger partial charge in [-0.15, -0.1) is 0 Å². The van der Waals surface area contributed by atoms with Crippen molar-refractivity contribution in [2.24, 2.45) is 0 Å². The number of aromatic hydroxyl groups is 1. The van der Waals surface area contributed by atoms with Crippen LogP contribution in [0.5, 0.6) is 11.5 Å². The zero-order chi connectivity index (χ0) is 9.68. The lowest BCUT2D eigenvalue weighted by Gasteiger charge is -2.07. The summed E-state index contributed by atoms with van der Waals surface area (Å²) < 4.78 is 5.15. The van der Waals surface area contributed by atoms with Crippen molar-refractivity contribution >= 4 is 5.69 Å². The number of hydrogen-bond acceptors (Lipinski definition) is 4. The number of phenolic OH excluding ortho intramolecular Hbond substituents is 1. The van der Waals surface area contributed by atoms with Crippen LogP contribution in [0.1, 0.15) is 6.92 Å². The van der Waals surface area contributed by atoms with Gasteiger partial charge in [0.25, 0.3) is 0 Å². The van der Waals surface area contributed by atoms with Gasteiger partial charge in [0.1, 0.15) is 0 Å². The lowest BCUT2D eigenvalue weighted by molar-refractivity contribution is 0.270. The van der Waals surface area contributed by atoms with Crippen LogP contribution >= 0.6 is 0 Å². The molecule has 72 valence electrons. The second-order valence-electron chi connectivity index (χ2n) is 2.42. The lowest BCUT2D eigenvalue weighted by Crippen LogP contribution is -1.96. The molecule has 0 aliphatic rings. The topological polar surface area (TPSA) is 50.7 Å². The molecule has 0 saturated heterocycles. The summed E-state index contributed by atoms with van der Waals surface area (Å²) in [7, 11) is 1.51. The summed E-state index contributed by atoms with van der Waals surface area (Å²) in [6, 6.07) is 4.98. The van der Waals surface area contributed by atoms with Crippen molar-refractivity contribution in [3.63, 3.8) is 0 Å². The standard InChI is InChI=1S/C9H13NO3/c1-3-13-9-5-4-7(10-12-2)6-8(9)11/h4-6,10-11H,3H2,1-2H3. The molecule has 13 heavy (non-hydrogen) atoms. The summed E-state index contributed by atoms with van der Waals surface area (Å²) in [6.45, 7) is 2.39. The van der Waals surface area contributed by atoms with E-state index < -0.39 is 0 Å². The Kier molecular flexibility index (Phi) is 3.40. The summed E-state index contributed by atoms with van der Waals surface area (Å²) >= 11 is 0. The number of phenols is 1. The molecule has 0 unspecified atom stereocenters. The molecule has 4 nitrogen and oxygen atoms in total. The molecule has 0 heterocycles. The fourth-order valence-electron chi connectivity index (χ4n) is 0.976. The van der Waals surface area contributed by atoms with Crippen LogP contribution in [-0.2, 0) is 4.84 Å². The predicted octanol–water partition coefficient (Wildman–Crippen LogP) is 1.76. The molecule has 0 spiro atoms. The average Bonchev–Trinajstić information content (AvgIpc) is 2.10. The van der Waals surface area contributed by atoms with E-state index in [9.17, 15) is 5.11 Å². The maximum atomic E-state index is 9.43. The first kappa shape index (κ1) is 9.67. The first-order valence-corrected chi connectivity index (χ1v) is 4.02. The summed E-state index contributed by atoms with van der Waals surface area (Å²) in [6.07, 6.45) is 0. The van der Waals surface area contributed by atoms with Gasteiger partial charge in [-0.25, -0.2) is 0 Å². The van der Waals surface area contributed by atoms with Crippen LogP contribution in [0.3, 0.4) is 0 Å². The fraction of sp³-hybridized carbons (Fsp3) is 0.333. The molecular formula is C9H13NO3. The lowest BCUT2D eigenvalue weighted by atomic mass is 10.3. The Labute approximate surface area is 77.1 Å². The van der Waals surface area contributed by atoms with Gasteiger partial charge >= 0.3 is 0 Å². The van der Waals surface area contributed by atoms with Crippen LogP contribution in [-0.4, -0.2) is 18.8 Å². The van der Waals surface area contributed by atoms with Crippen LogP contribution in [0.15, 0.2) is 18.2 Å². The van der Waals surface area contributed by atoms with E-state index in [0.717, 1.165) is 0 Å². The van der Waals surface area contributed by atoms with Crippen molar-refractivity contribution in [1.82, 2.24) is 0 Å². The minimum atomic E-state index is 0.101. The maximum absolute atomic E-state index is 9.43. The molecule has 0 fully saturated rings. The van der Waals surface area contributed by atoms with Gasteiger partial charge in [0.05, 0.1) is 19.4 Å². The Morgan fingerprint density at radius 2 is 2.23 bits per heavy atom. The van der Waals surface area contributed by atoms with Gasteiger partial charge in [0.2, 0.25) is 0 Å². The van der Waals surface area contributed by atoms with Gasteiger partial charge in [0, 0.05) is 6.07 Å². The molecular weight excluding hydrogens is 170 g/mol. The summed E-state index contributed by atoms with van der Waals surface area (Å²) in [4.78, 5) is 4.68. The number of benzene rings is 1. The average molecular weight is 183 g/mol. The zero-order valence-corrected chi connectivity index (χ0v) is 7.70. The van der Waals surface area contributed by atoms with Gasteiger partial charge < -0.3 is 9.84 Å². The van der Waals surface area contributed by atoms with Crippen LogP contribution in [0, 0.1) is 0 Å². The van der Waals surface area contributed by atoms with Gasteiger partial charge in [-0.2, -0.15) is 0 Å². The van der Waals surface area contributed by atoms with Crippen molar-refractivity contribution in [1.29, 1.82) is 0 Å². The first-order chi connectivity index (χ1) is 6.27. The van der Waals surface area contributed by atoms with E-state index >= 15 is 0 Å². The van der Waals surface area contributed by atoms with Crippen LogP contribution in [0.2, 0.25) is 0 Å². The van der Waals surface area contributed by atoms with Gasteiger partial charge in [-0.05, 0) is 19.1 Å². The third-order valence-electron chi connectivity index (χ3n) is 1.48. The highest BCUT2D eigenvalue weighted by Crippen LogP contribution is 2.28. The second-order valence-corrected chi connectivity index (χ2v) is 2.42. The van der Waals surface area contributed by atoms with Crippen molar-refractivity contribution in [3.8, 4) is 11.5 Å². The van der Waals surface area contributed by atoms with E-state index in [1.165, 1.54) is 13.2 Å². The van der Waals surface area contributed by atoms with Crippen LogP contribution in [0.25, 0.3) is 0 Å². The molecule has 1 aromatic carbocycles. The highest BCUT2D eigenvalue weighted by molar-refractivity contribution is 5.52. The predicted molar refractivity (Wildman–Crippen MR) is 49.9 cm³/mol. The number of nitrogens with one attached hydrogen (secondary N) is 1. The minimum Gasteiger partial charge on any atom is -0.504 e. The van der Waals surface area contributed by atoms with E-state index in [2.05, 4.69) is 10.3 Å². The van der Waals surface area contributed by atoms with E-state index in [4.69, 9.17) is 4.74 Å². The Balaban J connectivity index is 2.79. The molecule has 1 rings (SSSR count). The molecule has 0 aliphatic carbocycles. The summed E-state index contributed by atoms with van der Waals surface area (Å²) in [5.74, 6) is 0.577. The van der Waals surface area contributed by atoms with E-state index in [0.29, 0.717) is 18.0 Å². The second kappa shape index (κ2) is 4.57. The molecule has 0 radical (unpaired) electrons. The fourth-order valence-corrected chi connectivity index (χ4v) is 0.976. The molecule has 0 aromatic heterocycles. The molecule has 4 heteroatoms. The molecule has 0 amide bonds. The quantitative estimate of drug-likeness (QED) is 0.698. The zero-order valence-electron chi connectivity index (χ0n) is 7.70. The molecule has 0 atom stereocenters. The Bertz CT molecular complexity index is 276. The Morgan fingerprint density at radius 1 is 1.46 bits per heavy atom. The largest absolute Gasteiger partial charge is 0.504 e. The molecule has 0 saturated carbocycles. The number of anilines is 1. The van der Waals surface area contributed by atoms with Crippen molar-refractivity contribution in [2.45, 2.75) is 6.92 Å². The molecule has 2 N–H and O–H groups in total. The van der Waals surface area contributed by atoms with Crippen molar-refractivity contribution in [2.75, 3.05) is 19.2 Å². The number of hydrogen-bond donors (Lipinski definition) is 2. The highest BCUT2D eigenvalue weighted by atomic mass is 16.6. The number of ether oxygens (including phenoxy) is 1. The van der Waals surface area contributed by atoms with Crippen LogP contribution < -0.4 is 10.2 Å². The third kappa shape index (κ3) is 2.52.